The number of benzene rings is 2. The summed E-state index contributed by atoms with van der Waals surface area (Å²) in [6.07, 6.45) is 0.624. The first-order valence-corrected chi connectivity index (χ1v) is 9.97. The van der Waals surface area contributed by atoms with Crippen LogP contribution in [0.2, 0.25) is 0 Å². The van der Waals surface area contributed by atoms with Crippen molar-refractivity contribution >= 4 is 6.09 Å². The fourth-order valence-corrected chi connectivity index (χ4v) is 3.98. The Kier molecular flexibility index (Phi) is 5.83. The summed E-state index contributed by atoms with van der Waals surface area (Å²) in [6.45, 7) is 0.423. The number of aliphatic hydroxyl groups excluding tert-OH is 2. The average molecular weight is 407 g/mol. The summed E-state index contributed by atoms with van der Waals surface area (Å²) in [5.41, 5.74) is 5.18. The van der Waals surface area contributed by atoms with E-state index in [1.54, 1.807) is 17.9 Å². The number of nitrogens with zero attached hydrogens (tertiary/aromatic N) is 2. The lowest BCUT2D eigenvalue weighted by Crippen LogP contribution is -2.31. The fourth-order valence-electron chi connectivity index (χ4n) is 3.98. The first kappa shape index (κ1) is 20.1. The number of hydrogen-bond acceptors (Lipinski definition) is 5. The Labute approximate surface area is 175 Å². The molecule has 7 nitrogen and oxygen atoms in total. The van der Waals surface area contributed by atoms with Crippen molar-refractivity contribution in [2.24, 2.45) is 7.05 Å². The van der Waals surface area contributed by atoms with Crippen molar-refractivity contribution < 1.29 is 19.7 Å². The molecule has 3 N–H and O–H groups in total. The highest BCUT2D eigenvalue weighted by Crippen LogP contribution is 2.44. The molecule has 0 aliphatic heterocycles. The van der Waals surface area contributed by atoms with Gasteiger partial charge in [-0.15, -0.1) is 0 Å². The quantitative estimate of drug-likeness (QED) is 0.560. The Balaban J connectivity index is 1.29. The molecule has 4 rings (SSSR count). The largest absolute Gasteiger partial charge is 0.449 e. The molecule has 0 saturated heterocycles. The van der Waals surface area contributed by atoms with Gasteiger partial charge in [0.05, 0.1) is 24.3 Å². The molecule has 1 aliphatic rings. The standard InChI is InChI=1S/C23H25N3O4/c1-26-14-24-12-20(26)22(28)21(27)10-11-25-23(29)30-13-19-17-8-4-2-6-15(17)16-7-3-5-9-18(16)19/h2-9,12,14,19,21-22,27-28H,10-11,13H2,1H3,(H,25,29). The van der Waals surface area contributed by atoms with Crippen LogP contribution in [0.25, 0.3) is 11.1 Å². The zero-order valence-electron chi connectivity index (χ0n) is 16.7. The number of rotatable bonds is 7. The normalized spacial score (nSPS) is 14.6. The molecular formula is C23H25N3O4. The van der Waals surface area contributed by atoms with E-state index in [1.807, 2.05) is 24.3 Å². The maximum atomic E-state index is 12.2. The van der Waals surface area contributed by atoms with Crippen LogP contribution in [-0.4, -0.2) is 45.1 Å². The number of alkyl carbamates (subject to hydrolysis) is 1. The van der Waals surface area contributed by atoms with Crippen molar-refractivity contribution in [3.63, 3.8) is 0 Å². The van der Waals surface area contributed by atoms with Crippen molar-refractivity contribution in [3.05, 3.63) is 77.9 Å². The van der Waals surface area contributed by atoms with Crippen LogP contribution < -0.4 is 5.32 Å². The Hall–Kier alpha value is -3.16. The first-order chi connectivity index (χ1) is 14.6. The van der Waals surface area contributed by atoms with Gasteiger partial charge >= 0.3 is 6.09 Å². The number of imidazole rings is 1. The lowest BCUT2D eigenvalue weighted by atomic mass is 9.98. The van der Waals surface area contributed by atoms with Crippen LogP contribution in [0, 0.1) is 0 Å². The number of hydrogen-bond donors (Lipinski definition) is 3. The van der Waals surface area contributed by atoms with Gasteiger partial charge in [-0.1, -0.05) is 48.5 Å². The van der Waals surface area contributed by atoms with Crippen molar-refractivity contribution in [2.75, 3.05) is 13.2 Å². The highest BCUT2D eigenvalue weighted by molar-refractivity contribution is 5.79. The molecule has 1 aromatic heterocycles. The van der Waals surface area contributed by atoms with E-state index in [2.05, 4.69) is 34.6 Å². The van der Waals surface area contributed by atoms with Gasteiger partial charge in [-0.25, -0.2) is 9.78 Å². The number of ether oxygens (including phenoxy) is 1. The Morgan fingerprint density at radius 2 is 1.77 bits per heavy atom. The van der Waals surface area contributed by atoms with Crippen LogP contribution >= 0.6 is 0 Å². The second kappa shape index (κ2) is 8.69. The molecule has 0 radical (unpaired) electrons. The van der Waals surface area contributed by atoms with E-state index < -0.39 is 18.3 Å². The van der Waals surface area contributed by atoms with Gasteiger partial charge in [-0.3, -0.25) is 0 Å². The predicted molar refractivity (Wildman–Crippen MR) is 112 cm³/mol. The summed E-state index contributed by atoms with van der Waals surface area (Å²) >= 11 is 0. The van der Waals surface area contributed by atoms with E-state index in [4.69, 9.17) is 4.74 Å². The third-order valence-electron chi connectivity index (χ3n) is 5.57. The number of nitrogens with one attached hydrogen (secondary N) is 1. The van der Waals surface area contributed by atoms with E-state index in [9.17, 15) is 15.0 Å². The number of aryl methyl sites for hydroxylation is 1. The summed E-state index contributed by atoms with van der Waals surface area (Å²) in [4.78, 5) is 16.1. The number of aromatic nitrogens is 2. The van der Waals surface area contributed by atoms with Crippen LogP contribution in [0.5, 0.6) is 0 Å². The second-order valence-electron chi connectivity index (χ2n) is 7.48. The molecule has 30 heavy (non-hydrogen) atoms. The van der Waals surface area contributed by atoms with Crippen molar-refractivity contribution in [1.29, 1.82) is 0 Å². The lowest BCUT2D eigenvalue weighted by Gasteiger charge is -2.18. The van der Waals surface area contributed by atoms with Crippen molar-refractivity contribution in [3.8, 4) is 11.1 Å². The number of carbonyl (C=O) groups excluding carboxylic acids is 1. The smallest absolute Gasteiger partial charge is 0.407 e. The lowest BCUT2D eigenvalue weighted by molar-refractivity contribution is 0.00957. The van der Waals surface area contributed by atoms with Crippen LogP contribution in [0.1, 0.15) is 35.3 Å². The van der Waals surface area contributed by atoms with E-state index in [1.165, 1.54) is 17.3 Å². The van der Waals surface area contributed by atoms with Gasteiger partial charge in [0.1, 0.15) is 12.7 Å². The molecule has 1 amide bonds. The van der Waals surface area contributed by atoms with E-state index in [0.29, 0.717) is 5.69 Å². The van der Waals surface area contributed by atoms with Gasteiger partial charge in [0.25, 0.3) is 0 Å². The molecule has 2 atom stereocenters. The van der Waals surface area contributed by atoms with Crippen LogP contribution in [0.3, 0.4) is 0 Å². The van der Waals surface area contributed by atoms with Gasteiger partial charge in [0.15, 0.2) is 0 Å². The molecule has 3 aromatic rings. The summed E-state index contributed by atoms with van der Waals surface area (Å²) in [5, 5.41) is 23.0. The first-order valence-electron chi connectivity index (χ1n) is 9.97. The SMILES string of the molecule is Cn1cncc1C(O)C(O)CCNC(=O)OCC1c2ccccc2-c2ccccc21. The highest BCUT2D eigenvalue weighted by Gasteiger charge is 2.29. The molecule has 0 fully saturated rings. The molecule has 2 unspecified atom stereocenters. The average Bonchev–Trinajstić information content (AvgIpc) is 3.33. The van der Waals surface area contributed by atoms with E-state index in [-0.39, 0.29) is 25.5 Å². The minimum atomic E-state index is -1.07. The third kappa shape index (κ3) is 3.94. The van der Waals surface area contributed by atoms with Gasteiger partial charge in [0.2, 0.25) is 0 Å². The number of amides is 1. The molecule has 156 valence electrons. The fraction of sp³-hybridized carbons (Fsp3) is 0.304. The van der Waals surface area contributed by atoms with Gasteiger partial charge < -0.3 is 24.8 Å². The molecule has 0 spiro atoms. The third-order valence-corrected chi connectivity index (χ3v) is 5.57. The Morgan fingerprint density at radius 3 is 2.37 bits per heavy atom. The van der Waals surface area contributed by atoms with E-state index >= 15 is 0 Å². The molecule has 0 saturated carbocycles. The van der Waals surface area contributed by atoms with Gasteiger partial charge in [0, 0.05) is 19.5 Å². The highest BCUT2D eigenvalue weighted by atomic mass is 16.5. The summed E-state index contributed by atoms with van der Waals surface area (Å²) in [6, 6.07) is 16.3. The van der Waals surface area contributed by atoms with Crippen LogP contribution in [-0.2, 0) is 11.8 Å². The second-order valence-corrected chi connectivity index (χ2v) is 7.48. The maximum Gasteiger partial charge on any atom is 0.407 e. The molecular weight excluding hydrogens is 382 g/mol. The zero-order valence-corrected chi connectivity index (χ0v) is 16.7. The van der Waals surface area contributed by atoms with E-state index in [0.717, 1.165) is 11.1 Å². The number of fused-ring (bicyclic) bond motifs is 3. The summed E-state index contributed by atoms with van der Waals surface area (Å²) < 4.78 is 7.11. The Bertz CT molecular complexity index is 987. The summed E-state index contributed by atoms with van der Waals surface area (Å²) in [7, 11) is 1.74. The Morgan fingerprint density at radius 1 is 1.13 bits per heavy atom. The monoisotopic (exact) mass is 407 g/mol. The maximum absolute atomic E-state index is 12.2. The van der Waals surface area contributed by atoms with Crippen molar-refractivity contribution in [1.82, 2.24) is 14.9 Å². The predicted octanol–water partition coefficient (Wildman–Crippen LogP) is 2.74. The molecule has 1 aliphatic carbocycles. The minimum absolute atomic E-state index is 0.000374. The van der Waals surface area contributed by atoms with Gasteiger partial charge in [-0.2, -0.15) is 0 Å². The molecule has 7 heteroatoms. The molecule has 1 heterocycles. The van der Waals surface area contributed by atoms with Crippen LogP contribution in [0.4, 0.5) is 4.79 Å². The van der Waals surface area contributed by atoms with Gasteiger partial charge in [-0.05, 0) is 28.7 Å². The zero-order chi connectivity index (χ0) is 21.1. The van der Waals surface area contributed by atoms with Crippen molar-refractivity contribution in [2.45, 2.75) is 24.5 Å². The van der Waals surface area contributed by atoms with Crippen LogP contribution in [0.15, 0.2) is 61.1 Å². The minimum Gasteiger partial charge on any atom is -0.449 e. The topological polar surface area (TPSA) is 96.6 Å². The molecule has 2 aromatic carbocycles. The molecule has 0 bridgehead atoms. The number of aliphatic hydroxyl groups is 2. The number of carbonyl (C=O) groups is 1. The summed E-state index contributed by atoms with van der Waals surface area (Å²) in [5.74, 6) is 0.000374.